The molecule has 2 heterocycles. The Morgan fingerprint density at radius 2 is 2.00 bits per heavy atom. The summed E-state index contributed by atoms with van der Waals surface area (Å²) in [6.07, 6.45) is 2.86. The Labute approximate surface area is 112 Å². The molecule has 4 heteroatoms. The zero-order valence-electron chi connectivity index (χ0n) is 12.0. The third-order valence-electron chi connectivity index (χ3n) is 4.30. The van der Waals surface area contributed by atoms with Crippen LogP contribution in [0.3, 0.4) is 0 Å². The van der Waals surface area contributed by atoms with Crippen LogP contribution in [0.1, 0.15) is 26.7 Å². The molecule has 1 N–H and O–H groups in total. The standard InChI is InChI=1S/C14H29N3O/c1-3-17-9-8-16(12-13(17)2)10-11-18-14-4-6-15-7-5-14/h13-15H,3-12H2,1-2H3. The molecule has 2 rings (SSSR count). The lowest BCUT2D eigenvalue weighted by molar-refractivity contribution is 0.00641. The van der Waals surface area contributed by atoms with E-state index in [0.29, 0.717) is 12.1 Å². The maximum absolute atomic E-state index is 5.98. The van der Waals surface area contributed by atoms with Crippen molar-refractivity contribution in [2.24, 2.45) is 0 Å². The van der Waals surface area contributed by atoms with Gasteiger partial charge in [0.2, 0.25) is 0 Å². The van der Waals surface area contributed by atoms with Crippen molar-refractivity contribution >= 4 is 0 Å². The summed E-state index contributed by atoms with van der Waals surface area (Å²) >= 11 is 0. The highest BCUT2D eigenvalue weighted by molar-refractivity contribution is 4.78. The molecular weight excluding hydrogens is 226 g/mol. The Morgan fingerprint density at radius 1 is 1.22 bits per heavy atom. The fourth-order valence-corrected chi connectivity index (χ4v) is 3.05. The van der Waals surface area contributed by atoms with E-state index < -0.39 is 0 Å². The van der Waals surface area contributed by atoms with Crippen LogP contribution in [0.5, 0.6) is 0 Å². The summed E-state index contributed by atoms with van der Waals surface area (Å²) < 4.78 is 5.98. The minimum Gasteiger partial charge on any atom is -0.377 e. The van der Waals surface area contributed by atoms with Crippen LogP contribution in [0.4, 0.5) is 0 Å². The smallest absolute Gasteiger partial charge is 0.0600 e. The predicted octanol–water partition coefficient (Wildman–Crippen LogP) is 0.781. The van der Waals surface area contributed by atoms with E-state index in [4.69, 9.17) is 4.74 Å². The van der Waals surface area contributed by atoms with Crippen LogP contribution in [0.25, 0.3) is 0 Å². The molecule has 4 nitrogen and oxygen atoms in total. The third-order valence-corrected chi connectivity index (χ3v) is 4.30. The molecular formula is C14H29N3O. The highest BCUT2D eigenvalue weighted by Gasteiger charge is 2.22. The van der Waals surface area contributed by atoms with Gasteiger partial charge in [0, 0.05) is 32.2 Å². The number of piperazine rings is 1. The van der Waals surface area contributed by atoms with Crippen molar-refractivity contribution in [2.75, 3.05) is 52.4 Å². The zero-order chi connectivity index (χ0) is 12.8. The summed E-state index contributed by atoms with van der Waals surface area (Å²) in [5, 5.41) is 3.38. The van der Waals surface area contributed by atoms with Gasteiger partial charge in [0.25, 0.3) is 0 Å². The molecule has 0 aromatic carbocycles. The molecule has 18 heavy (non-hydrogen) atoms. The lowest BCUT2D eigenvalue weighted by Crippen LogP contribution is -2.52. The predicted molar refractivity (Wildman–Crippen MR) is 75.0 cm³/mol. The third kappa shape index (κ3) is 4.19. The number of hydrogen-bond donors (Lipinski definition) is 1. The van der Waals surface area contributed by atoms with E-state index in [1.165, 1.54) is 39.0 Å². The van der Waals surface area contributed by atoms with Crippen LogP contribution < -0.4 is 5.32 Å². The molecule has 0 aliphatic carbocycles. The first kappa shape index (κ1) is 14.3. The van der Waals surface area contributed by atoms with Gasteiger partial charge >= 0.3 is 0 Å². The summed E-state index contributed by atoms with van der Waals surface area (Å²) in [5.74, 6) is 0. The van der Waals surface area contributed by atoms with Gasteiger partial charge in [-0.1, -0.05) is 6.92 Å². The van der Waals surface area contributed by atoms with E-state index in [2.05, 4.69) is 29.0 Å². The molecule has 0 bridgehead atoms. The van der Waals surface area contributed by atoms with Gasteiger partial charge in [-0.3, -0.25) is 9.80 Å². The number of nitrogens with one attached hydrogen (secondary N) is 1. The summed E-state index contributed by atoms with van der Waals surface area (Å²) in [5.41, 5.74) is 0. The molecule has 2 aliphatic rings. The average Bonchev–Trinajstić information content (AvgIpc) is 2.40. The van der Waals surface area contributed by atoms with Crippen molar-refractivity contribution in [2.45, 2.75) is 38.8 Å². The minimum absolute atomic E-state index is 0.501. The Morgan fingerprint density at radius 3 is 2.67 bits per heavy atom. The molecule has 0 amide bonds. The molecule has 0 aromatic rings. The first-order chi connectivity index (χ1) is 8.79. The fourth-order valence-electron chi connectivity index (χ4n) is 3.05. The molecule has 1 unspecified atom stereocenters. The Hall–Kier alpha value is -0.160. The summed E-state index contributed by atoms with van der Waals surface area (Å²) in [7, 11) is 0. The van der Waals surface area contributed by atoms with E-state index in [1.807, 2.05) is 0 Å². The van der Waals surface area contributed by atoms with Crippen molar-refractivity contribution in [3.05, 3.63) is 0 Å². The van der Waals surface area contributed by atoms with Crippen molar-refractivity contribution < 1.29 is 4.74 Å². The molecule has 0 saturated carbocycles. The maximum atomic E-state index is 5.98. The molecule has 0 spiro atoms. The zero-order valence-corrected chi connectivity index (χ0v) is 12.0. The van der Waals surface area contributed by atoms with Crippen LogP contribution in [0.15, 0.2) is 0 Å². The van der Waals surface area contributed by atoms with E-state index in [-0.39, 0.29) is 0 Å². The van der Waals surface area contributed by atoms with Gasteiger partial charge in [0.05, 0.1) is 12.7 Å². The number of nitrogens with zero attached hydrogens (tertiary/aromatic N) is 2. The van der Waals surface area contributed by atoms with E-state index in [9.17, 15) is 0 Å². The summed E-state index contributed by atoms with van der Waals surface area (Å²) in [6, 6.07) is 0.697. The van der Waals surface area contributed by atoms with Gasteiger partial charge in [0.1, 0.15) is 0 Å². The average molecular weight is 255 g/mol. The molecule has 2 fully saturated rings. The summed E-state index contributed by atoms with van der Waals surface area (Å²) in [4.78, 5) is 5.11. The van der Waals surface area contributed by atoms with E-state index >= 15 is 0 Å². The normalized spacial score (nSPS) is 28.7. The molecule has 1 atom stereocenters. The Bertz CT molecular complexity index is 231. The largest absolute Gasteiger partial charge is 0.377 e. The topological polar surface area (TPSA) is 27.7 Å². The van der Waals surface area contributed by atoms with Gasteiger partial charge in [-0.15, -0.1) is 0 Å². The SMILES string of the molecule is CCN1CCN(CCOC2CCNCC2)CC1C. The van der Waals surface area contributed by atoms with Crippen LogP contribution >= 0.6 is 0 Å². The van der Waals surface area contributed by atoms with Gasteiger partial charge in [0.15, 0.2) is 0 Å². The van der Waals surface area contributed by atoms with Crippen molar-refractivity contribution in [3.63, 3.8) is 0 Å². The number of piperidine rings is 1. The molecule has 2 aliphatic heterocycles. The molecule has 2 saturated heterocycles. The second-order valence-corrected chi connectivity index (χ2v) is 5.60. The van der Waals surface area contributed by atoms with Crippen LogP contribution in [0.2, 0.25) is 0 Å². The monoisotopic (exact) mass is 255 g/mol. The lowest BCUT2D eigenvalue weighted by atomic mass is 10.1. The highest BCUT2D eigenvalue weighted by Crippen LogP contribution is 2.10. The van der Waals surface area contributed by atoms with Gasteiger partial charge in [-0.05, 0) is 39.4 Å². The molecule has 0 aromatic heterocycles. The maximum Gasteiger partial charge on any atom is 0.0600 e. The van der Waals surface area contributed by atoms with E-state index in [0.717, 1.165) is 26.2 Å². The fraction of sp³-hybridized carbons (Fsp3) is 1.00. The van der Waals surface area contributed by atoms with Gasteiger partial charge < -0.3 is 10.1 Å². The first-order valence-corrected chi connectivity index (χ1v) is 7.58. The highest BCUT2D eigenvalue weighted by atomic mass is 16.5. The van der Waals surface area contributed by atoms with Crippen LogP contribution in [-0.2, 0) is 4.74 Å². The quantitative estimate of drug-likeness (QED) is 0.786. The molecule has 0 radical (unpaired) electrons. The van der Waals surface area contributed by atoms with Gasteiger partial charge in [-0.2, -0.15) is 0 Å². The van der Waals surface area contributed by atoms with Crippen molar-refractivity contribution in [3.8, 4) is 0 Å². The minimum atomic E-state index is 0.501. The molecule has 106 valence electrons. The Balaban J connectivity index is 1.59. The number of rotatable bonds is 5. The Kier molecular flexibility index (Phi) is 5.89. The number of hydrogen-bond acceptors (Lipinski definition) is 4. The van der Waals surface area contributed by atoms with Crippen LogP contribution in [0, 0.1) is 0 Å². The van der Waals surface area contributed by atoms with Crippen LogP contribution in [-0.4, -0.2) is 74.4 Å². The number of ether oxygens (including phenoxy) is 1. The first-order valence-electron chi connectivity index (χ1n) is 7.58. The number of likely N-dealkylation sites (N-methyl/N-ethyl adjacent to an activating group) is 1. The van der Waals surface area contributed by atoms with Crippen molar-refractivity contribution in [1.29, 1.82) is 0 Å². The van der Waals surface area contributed by atoms with E-state index in [1.54, 1.807) is 0 Å². The lowest BCUT2D eigenvalue weighted by Gasteiger charge is -2.39. The summed E-state index contributed by atoms with van der Waals surface area (Å²) in [6.45, 7) is 13.6. The van der Waals surface area contributed by atoms with Crippen molar-refractivity contribution in [1.82, 2.24) is 15.1 Å². The second-order valence-electron chi connectivity index (χ2n) is 5.60. The van der Waals surface area contributed by atoms with Gasteiger partial charge in [-0.25, -0.2) is 0 Å². The second kappa shape index (κ2) is 7.43.